The lowest BCUT2D eigenvalue weighted by molar-refractivity contribution is -0.245. The van der Waals surface area contributed by atoms with Crippen molar-refractivity contribution in [2.45, 2.75) is 62.4 Å². The Morgan fingerprint density at radius 2 is 1.85 bits per heavy atom. The molecule has 11 nitrogen and oxygen atoms in total. The third-order valence-electron chi connectivity index (χ3n) is 6.31. The van der Waals surface area contributed by atoms with Crippen molar-refractivity contribution in [3.63, 3.8) is 0 Å². The molecule has 0 aliphatic carbocycles. The van der Waals surface area contributed by atoms with Gasteiger partial charge in [0.15, 0.2) is 11.4 Å². The van der Waals surface area contributed by atoms with Crippen LogP contribution in [0.15, 0.2) is 60.0 Å². The van der Waals surface area contributed by atoms with Crippen molar-refractivity contribution < 1.29 is 29.4 Å². The molecule has 0 bridgehead atoms. The number of aliphatic hydroxyl groups is 1. The van der Waals surface area contributed by atoms with Crippen molar-refractivity contribution in [2.24, 2.45) is 7.05 Å². The van der Waals surface area contributed by atoms with Crippen LogP contribution >= 0.6 is 11.8 Å². The summed E-state index contributed by atoms with van der Waals surface area (Å²) in [5.74, 6) is 0.0240. The Kier molecular flexibility index (Phi) is 10.5. The van der Waals surface area contributed by atoms with Gasteiger partial charge in [-0.2, -0.15) is 0 Å². The number of amides is 2. The average Bonchev–Trinajstić information content (AvgIpc) is 3.38. The summed E-state index contributed by atoms with van der Waals surface area (Å²) in [5, 5.41) is 29.8. The van der Waals surface area contributed by atoms with Crippen LogP contribution in [0.3, 0.4) is 0 Å². The number of hydrogen-bond donors (Lipinski definition) is 4. The first-order chi connectivity index (χ1) is 18.9. The van der Waals surface area contributed by atoms with Crippen LogP contribution in [0, 0.1) is 0 Å². The van der Waals surface area contributed by atoms with Gasteiger partial charge < -0.3 is 24.5 Å². The second kappa shape index (κ2) is 14.2. The summed E-state index contributed by atoms with van der Waals surface area (Å²) in [6.07, 6.45) is 2.73. The third-order valence-corrected chi connectivity index (χ3v) is 7.47. The molecule has 1 aromatic heterocycles. The molecule has 2 heterocycles. The number of rotatable bonds is 12. The highest BCUT2D eigenvalue weighted by molar-refractivity contribution is 7.99. The first-order valence-corrected chi connectivity index (χ1v) is 13.7. The first-order valence-electron chi connectivity index (χ1n) is 12.8. The number of hydrogen-bond acceptors (Lipinski definition) is 9. The van der Waals surface area contributed by atoms with Crippen molar-refractivity contribution in [3.05, 3.63) is 71.5 Å². The average molecular weight is 556 g/mol. The molecule has 39 heavy (non-hydrogen) atoms. The van der Waals surface area contributed by atoms with Crippen molar-refractivity contribution >= 4 is 29.3 Å². The van der Waals surface area contributed by atoms with Crippen LogP contribution in [0.25, 0.3) is 0 Å². The van der Waals surface area contributed by atoms with E-state index in [0.29, 0.717) is 30.7 Å². The zero-order valence-corrected chi connectivity index (χ0v) is 22.5. The zero-order chi connectivity index (χ0) is 27.6. The van der Waals surface area contributed by atoms with E-state index in [1.54, 1.807) is 29.6 Å². The molecule has 0 saturated carbocycles. The molecular formula is C27H33N5O6S. The number of nitrogens with one attached hydrogen (secondary N) is 2. The Morgan fingerprint density at radius 3 is 2.54 bits per heavy atom. The van der Waals surface area contributed by atoms with Gasteiger partial charge >= 0.3 is 0 Å². The van der Waals surface area contributed by atoms with Crippen molar-refractivity contribution in [1.29, 1.82) is 0 Å². The number of nitrogens with zero attached hydrogens (tertiary/aromatic N) is 3. The summed E-state index contributed by atoms with van der Waals surface area (Å²) in [7, 11) is 1.90. The topological polar surface area (TPSA) is 148 Å². The normalized spacial score (nSPS) is 19.0. The highest BCUT2D eigenvalue weighted by Crippen LogP contribution is 2.39. The fourth-order valence-corrected chi connectivity index (χ4v) is 5.11. The Hall–Kier alpha value is -3.29. The van der Waals surface area contributed by atoms with E-state index in [1.807, 2.05) is 54.1 Å². The van der Waals surface area contributed by atoms with Crippen molar-refractivity contribution in [3.8, 4) is 0 Å². The van der Waals surface area contributed by atoms with Crippen LogP contribution < -0.4 is 10.8 Å². The predicted molar refractivity (Wildman–Crippen MR) is 144 cm³/mol. The Bertz CT molecular complexity index is 1240. The van der Waals surface area contributed by atoms with Gasteiger partial charge in [0.1, 0.15) is 6.33 Å². The van der Waals surface area contributed by atoms with E-state index in [9.17, 15) is 14.7 Å². The molecule has 2 amide bonds. The lowest BCUT2D eigenvalue weighted by Gasteiger charge is -2.36. The number of ether oxygens (including phenoxy) is 2. The molecule has 1 aliphatic rings. The molecule has 1 fully saturated rings. The molecule has 0 radical (unpaired) electrons. The Morgan fingerprint density at radius 1 is 1.08 bits per heavy atom. The van der Waals surface area contributed by atoms with Gasteiger partial charge in [-0.3, -0.25) is 14.8 Å². The Balaban J connectivity index is 1.43. The van der Waals surface area contributed by atoms with Crippen LogP contribution in [0.4, 0.5) is 5.69 Å². The summed E-state index contributed by atoms with van der Waals surface area (Å²) in [5.41, 5.74) is 4.81. The molecule has 208 valence electrons. The van der Waals surface area contributed by atoms with Gasteiger partial charge in [0.2, 0.25) is 11.8 Å². The number of benzene rings is 2. The molecule has 0 unspecified atom stereocenters. The molecule has 4 rings (SSSR count). The molecule has 4 N–H and O–H groups in total. The minimum absolute atomic E-state index is 0.0228. The number of aromatic nitrogens is 3. The van der Waals surface area contributed by atoms with Gasteiger partial charge in [-0.05, 0) is 36.1 Å². The molecule has 12 heteroatoms. The fourth-order valence-electron chi connectivity index (χ4n) is 4.21. The minimum Gasteiger partial charge on any atom is -0.392 e. The van der Waals surface area contributed by atoms with Crippen LogP contribution in [-0.2, 0) is 32.7 Å². The van der Waals surface area contributed by atoms with Gasteiger partial charge in [0.25, 0.3) is 0 Å². The Labute approximate surface area is 230 Å². The molecule has 2 aromatic carbocycles. The standard InChI is InChI=1S/C27H33N5O6S/c1-32-17-28-30-27(32)39-16-22-14-23(19-11-9-18(15-33)10-12-19)38-26(37-22)20-5-4-6-21(13-20)29-24(34)7-2-3-8-25(35)31-36/h4-6,9-13,17,22-23,26,33,36H,2-3,7-8,14-16H2,1H3,(H,29,34)(H,31,35)/t22-,23+,26+/m0/s1. The maximum atomic E-state index is 12.4. The monoisotopic (exact) mass is 555 g/mol. The number of anilines is 1. The third kappa shape index (κ3) is 8.35. The van der Waals surface area contributed by atoms with Crippen LogP contribution in [0.1, 0.15) is 61.2 Å². The van der Waals surface area contributed by atoms with E-state index in [2.05, 4.69) is 15.5 Å². The van der Waals surface area contributed by atoms with Crippen LogP contribution in [0.2, 0.25) is 0 Å². The number of carbonyl (C=O) groups is 2. The smallest absolute Gasteiger partial charge is 0.243 e. The fraction of sp³-hybridized carbons (Fsp3) is 0.407. The molecule has 1 saturated heterocycles. The summed E-state index contributed by atoms with van der Waals surface area (Å²) >= 11 is 1.56. The van der Waals surface area contributed by atoms with Gasteiger partial charge in [-0.1, -0.05) is 48.2 Å². The van der Waals surface area contributed by atoms with Gasteiger partial charge in [-0.15, -0.1) is 10.2 Å². The number of thioether (sulfide) groups is 1. The van der Waals surface area contributed by atoms with E-state index in [-0.39, 0.29) is 37.6 Å². The van der Waals surface area contributed by atoms with E-state index in [4.69, 9.17) is 14.7 Å². The number of aliphatic hydroxyl groups excluding tert-OH is 1. The molecule has 3 atom stereocenters. The molecule has 1 aliphatic heterocycles. The number of carbonyl (C=O) groups excluding carboxylic acids is 2. The summed E-state index contributed by atoms with van der Waals surface area (Å²) < 4.78 is 14.6. The van der Waals surface area contributed by atoms with E-state index in [0.717, 1.165) is 21.8 Å². The second-order valence-corrected chi connectivity index (χ2v) is 10.3. The quantitative estimate of drug-likeness (QED) is 0.114. The summed E-state index contributed by atoms with van der Waals surface area (Å²) in [6, 6.07) is 15.1. The van der Waals surface area contributed by atoms with E-state index >= 15 is 0 Å². The number of unbranched alkanes of at least 4 members (excludes halogenated alkanes) is 1. The summed E-state index contributed by atoms with van der Waals surface area (Å²) in [4.78, 5) is 23.5. The summed E-state index contributed by atoms with van der Waals surface area (Å²) in [6.45, 7) is -0.0228. The number of aryl methyl sites for hydroxylation is 1. The lowest BCUT2D eigenvalue weighted by Crippen LogP contribution is -2.31. The zero-order valence-electron chi connectivity index (χ0n) is 21.7. The predicted octanol–water partition coefficient (Wildman–Crippen LogP) is 3.65. The molecular weight excluding hydrogens is 522 g/mol. The van der Waals surface area contributed by atoms with Gasteiger partial charge in [0.05, 0.1) is 18.8 Å². The molecule has 0 spiro atoms. The second-order valence-electron chi connectivity index (χ2n) is 9.30. The van der Waals surface area contributed by atoms with Crippen molar-refractivity contribution in [2.75, 3.05) is 11.1 Å². The minimum atomic E-state index is -0.653. The van der Waals surface area contributed by atoms with E-state index < -0.39 is 12.2 Å². The highest BCUT2D eigenvalue weighted by Gasteiger charge is 2.32. The maximum Gasteiger partial charge on any atom is 0.243 e. The maximum absolute atomic E-state index is 12.4. The van der Waals surface area contributed by atoms with Gasteiger partial charge in [-0.25, -0.2) is 5.48 Å². The largest absolute Gasteiger partial charge is 0.392 e. The van der Waals surface area contributed by atoms with E-state index in [1.165, 1.54) is 0 Å². The van der Waals surface area contributed by atoms with Crippen LogP contribution in [-0.4, -0.2) is 48.7 Å². The van der Waals surface area contributed by atoms with Crippen molar-refractivity contribution in [1.82, 2.24) is 20.2 Å². The van der Waals surface area contributed by atoms with Crippen LogP contribution in [0.5, 0.6) is 0 Å². The first kappa shape index (κ1) is 28.7. The van der Waals surface area contributed by atoms with Gasteiger partial charge in [0, 0.05) is 43.3 Å². The highest BCUT2D eigenvalue weighted by atomic mass is 32.2. The lowest BCUT2D eigenvalue weighted by atomic mass is 10.0. The number of hydroxylamine groups is 1. The SMILES string of the molecule is Cn1cnnc1SC[C@@H]1C[C@H](c2ccc(CO)cc2)O[C@H](c2cccc(NC(=O)CCCCC(=O)NO)c2)O1. The molecule has 3 aromatic rings.